The van der Waals surface area contributed by atoms with Gasteiger partial charge in [0.05, 0.1) is 5.52 Å². The zero-order chi connectivity index (χ0) is 14.1. The molecule has 0 bridgehead atoms. The van der Waals surface area contributed by atoms with Gasteiger partial charge < -0.3 is 15.4 Å². The lowest BCUT2D eigenvalue weighted by Gasteiger charge is -2.25. The summed E-state index contributed by atoms with van der Waals surface area (Å²) >= 11 is 0. The lowest BCUT2D eigenvalue weighted by atomic mass is 9.85. The molecule has 1 aliphatic carbocycles. The van der Waals surface area contributed by atoms with Gasteiger partial charge in [-0.2, -0.15) is 0 Å². The lowest BCUT2D eigenvalue weighted by molar-refractivity contribution is 0.0691. The van der Waals surface area contributed by atoms with Gasteiger partial charge in [-0.15, -0.1) is 0 Å². The molecule has 20 heavy (non-hydrogen) atoms. The first kappa shape index (κ1) is 13.1. The van der Waals surface area contributed by atoms with E-state index in [4.69, 9.17) is 5.11 Å². The van der Waals surface area contributed by atoms with E-state index in [2.05, 4.69) is 15.3 Å². The van der Waals surface area contributed by atoms with Crippen LogP contribution in [-0.2, 0) is 6.54 Å². The Hall–Kier alpha value is -1.95. The molecule has 1 fully saturated rings. The van der Waals surface area contributed by atoms with Crippen LogP contribution in [0.5, 0.6) is 0 Å². The Labute approximate surface area is 115 Å². The van der Waals surface area contributed by atoms with Gasteiger partial charge in [-0.05, 0) is 36.9 Å². The molecule has 0 aliphatic heterocycles. The van der Waals surface area contributed by atoms with Crippen LogP contribution in [0.3, 0.4) is 0 Å². The van der Waals surface area contributed by atoms with Crippen molar-refractivity contribution in [2.24, 2.45) is 5.92 Å². The van der Waals surface area contributed by atoms with Gasteiger partial charge in [-0.25, -0.2) is 14.2 Å². The van der Waals surface area contributed by atoms with E-state index in [1.165, 1.54) is 31.5 Å². The predicted molar refractivity (Wildman–Crippen MR) is 72.1 cm³/mol. The van der Waals surface area contributed by atoms with Crippen molar-refractivity contribution in [1.29, 1.82) is 0 Å². The second-order valence-electron chi connectivity index (χ2n) is 5.26. The highest BCUT2D eigenvalue weighted by atomic mass is 19.1. The zero-order valence-corrected chi connectivity index (χ0v) is 10.9. The molecule has 106 valence electrons. The van der Waals surface area contributed by atoms with Gasteiger partial charge in [-0.3, -0.25) is 0 Å². The van der Waals surface area contributed by atoms with E-state index in [-0.39, 0.29) is 11.2 Å². The standard InChI is InChI=1S/C14H16FN3O2/c15-10-7-17-12-9(6-16-5-8-2-1-3-8)4-11(14(19)20)18-13(10)12/h4,7-8,16-17H,1-3,5-6H2,(H,19,20). The molecule has 2 heterocycles. The van der Waals surface area contributed by atoms with Gasteiger partial charge in [0.1, 0.15) is 11.2 Å². The minimum atomic E-state index is -1.15. The number of carbonyl (C=O) groups is 1. The second kappa shape index (κ2) is 5.20. The van der Waals surface area contributed by atoms with Crippen LogP contribution >= 0.6 is 0 Å². The van der Waals surface area contributed by atoms with E-state index in [0.29, 0.717) is 18.0 Å². The van der Waals surface area contributed by atoms with Crippen molar-refractivity contribution in [2.45, 2.75) is 25.8 Å². The summed E-state index contributed by atoms with van der Waals surface area (Å²) < 4.78 is 13.6. The molecule has 0 unspecified atom stereocenters. The van der Waals surface area contributed by atoms with Crippen LogP contribution in [0.2, 0.25) is 0 Å². The highest BCUT2D eigenvalue weighted by Crippen LogP contribution is 2.25. The summed E-state index contributed by atoms with van der Waals surface area (Å²) in [4.78, 5) is 17.7. The number of pyridine rings is 1. The molecule has 5 nitrogen and oxygen atoms in total. The summed E-state index contributed by atoms with van der Waals surface area (Å²) in [5, 5.41) is 12.4. The molecule has 3 rings (SSSR count). The molecule has 1 aliphatic rings. The fourth-order valence-electron chi connectivity index (χ4n) is 2.49. The molecule has 0 aromatic carbocycles. The Balaban J connectivity index is 1.84. The van der Waals surface area contributed by atoms with E-state index >= 15 is 0 Å². The third kappa shape index (κ3) is 2.38. The predicted octanol–water partition coefficient (Wildman–Crippen LogP) is 2.29. The number of aromatic amines is 1. The molecule has 2 aromatic heterocycles. The van der Waals surface area contributed by atoms with Gasteiger partial charge in [0.15, 0.2) is 5.82 Å². The van der Waals surface area contributed by atoms with Gasteiger partial charge in [-0.1, -0.05) is 6.42 Å². The molecular weight excluding hydrogens is 261 g/mol. The van der Waals surface area contributed by atoms with Crippen LogP contribution in [0.15, 0.2) is 12.3 Å². The number of carboxylic acid groups (broad SMARTS) is 1. The molecular formula is C14H16FN3O2. The average Bonchev–Trinajstić information content (AvgIpc) is 2.74. The summed E-state index contributed by atoms with van der Waals surface area (Å²) in [6, 6.07) is 1.49. The minimum Gasteiger partial charge on any atom is -0.477 e. The maximum absolute atomic E-state index is 13.6. The molecule has 2 aromatic rings. The Kier molecular flexibility index (Phi) is 3.40. The van der Waals surface area contributed by atoms with Gasteiger partial charge >= 0.3 is 5.97 Å². The number of halogens is 1. The quantitative estimate of drug-likeness (QED) is 0.783. The summed E-state index contributed by atoms with van der Waals surface area (Å²) in [5.41, 5.74) is 1.26. The largest absolute Gasteiger partial charge is 0.477 e. The van der Waals surface area contributed by atoms with Crippen molar-refractivity contribution in [2.75, 3.05) is 6.54 Å². The number of hydrogen-bond acceptors (Lipinski definition) is 3. The molecule has 6 heteroatoms. The first-order valence-corrected chi connectivity index (χ1v) is 6.75. The summed E-state index contributed by atoms with van der Waals surface area (Å²) in [6.45, 7) is 1.42. The Bertz CT molecular complexity index is 649. The number of carboxylic acids is 1. The number of nitrogens with one attached hydrogen (secondary N) is 2. The summed E-state index contributed by atoms with van der Waals surface area (Å²) in [5.74, 6) is -0.956. The Morgan fingerprint density at radius 3 is 3.00 bits per heavy atom. The van der Waals surface area contributed by atoms with E-state index in [1.54, 1.807) is 0 Å². The van der Waals surface area contributed by atoms with Crippen molar-refractivity contribution >= 4 is 17.0 Å². The first-order valence-electron chi connectivity index (χ1n) is 6.75. The highest BCUT2D eigenvalue weighted by molar-refractivity contribution is 5.90. The highest BCUT2D eigenvalue weighted by Gasteiger charge is 2.18. The van der Waals surface area contributed by atoms with Crippen LogP contribution in [-0.4, -0.2) is 27.6 Å². The number of aromatic nitrogens is 2. The van der Waals surface area contributed by atoms with Crippen molar-refractivity contribution in [3.63, 3.8) is 0 Å². The normalized spacial score (nSPS) is 15.4. The number of H-pyrrole nitrogens is 1. The van der Waals surface area contributed by atoms with Crippen molar-refractivity contribution < 1.29 is 14.3 Å². The monoisotopic (exact) mass is 277 g/mol. The van der Waals surface area contributed by atoms with Gasteiger partial charge in [0.25, 0.3) is 0 Å². The Morgan fingerprint density at radius 1 is 1.55 bits per heavy atom. The smallest absolute Gasteiger partial charge is 0.354 e. The van der Waals surface area contributed by atoms with Crippen molar-refractivity contribution in [3.8, 4) is 0 Å². The Morgan fingerprint density at radius 2 is 2.35 bits per heavy atom. The minimum absolute atomic E-state index is 0.0883. The fraction of sp³-hybridized carbons (Fsp3) is 0.429. The molecule has 1 saturated carbocycles. The third-order valence-corrected chi connectivity index (χ3v) is 3.86. The number of aromatic carboxylic acids is 1. The number of fused-ring (bicyclic) bond motifs is 1. The van der Waals surface area contributed by atoms with Gasteiger partial charge in [0.2, 0.25) is 0 Å². The van der Waals surface area contributed by atoms with E-state index in [0.717, 1.165) is 12.1 Å². The zero-order valence-electron chi connectivity index (χ0n) is 10.9. The third-order valence-electron chi connectivity index (χ3n) is 3.86. The molecule has 0 atom stereocenters. The molecule has 0 radical (unpaired) electrons. The number of hydrogen-bond donors (Lipinski definition) is 3. The van der Waals surface area contributed by atoms with Crippen molar-refractivity contribution in [1.82, 2.24) is 15.3 Å². The van der Waals surface area contributed by atoms with E-state index < -0.39 is 11.8 Å². The SMILES string of the molecule is O=C(O)c1cc(CNCC2CCC2)c2[nH]cc(F)c2n1. The second-order valence-corrected chi connectivity index (χ2v) is 5.26. The molecule has 0 amide bonds. The molecule has 0 saturated heterocycles. The molecule has 3 N–H and O–H groups in total. The number of nitrogens with zero attached hydrogens (tertiary/aromatic N) is 1. The van der Waals surface area contributed by atoms with Crippen LogP contribution < -0.4 is 5.32 Å². The van der Waals surface area contributed by atoms with Crippen LogP contribution in [0, 0.1) is 11.7 Å². The average molecular weight is 277 g/mol. The van der Waals surface area contributed by atoms with Gasteiger partial charge in [0, 0.05) is 12.7 Å². The van der Waals surface area contributed by atoms with Crippen LogP contribution in [0.4, 0.5) is 4.39 Å². The van der Waals surface area contributed by atoms with E-state index in [9.17, 15) is 9.18 Å². The maximum Gasteiger partial charge on any atom is 0.354 e. The maximum atomic E-state index is 13.6. The van der Waals surface area contributed by atoms with Crippen LogP contribution in [0.1, 0.15) is 35.3 Å². The molecule has 0 spiro atoms. The van der Waals surface area contributed by atoms with Crippen molar-refractivity contribution in [3.05, 3.63) is 29.3 Å². The number of rotatable bonds is 5. The summed E-state index contributed by atoms with van der Waals surface area (Å²) in [7, 11) is 0. The topological polar surface area (TPSA) is 78.0 Å². The fourth-order valence-corrected chi connectivity index (χ4v) is 2.49. The van der Waals surface area contributed by atoms with E-state index in [1.807, 2.05) is 0 Å². The first-order chi connectivity index (χ1) is 9.65. The lowest BCUT2D eigenvalue weighted by Crippen LogP contribution is -2.27. The summed E-state index contributed by atoms with van der Waals surface area (Å²) in [6.07, 6.45) is 4.99. The van der Waals surface area contributed by atoms with Crippen LogP contribution in [0.25, 0.3) is 11.0 Å².